The summed E-state index contributed by atoms with van der Waals surface area (Å²) >= 11 is 0. The van der Waals surface area contributed by atoms with Gasteiger partial charge in [-0.25, -0.2) is 14.2 Å². The molecular formula is C14H14FNO3. The van der Waals surface area contributed by atoms with Crippen molar-refractivity contribution >= 4 is 5.97 Å². The Kier molecular flexibility index (Phi) is 3.64. The van der Waals surface area contributed by atoms with Gasteiger partial charge in [0.15, 0.2) is 0 Å². The van der Waals surface area contributed by atoms with Crippen LogP contribution in [0.5, 0.6) is 0 Å². The molecule has 0 amide bonds. The van der Waals surface area contributed by atoms with Crippen molar-refractivity contribution < 1.29 is 18.3 Å². The Morgan fingerprint density at radius 1 is 1.42 bits per heavy atom. The van der Waals surface area contributed by atoms with E-state index in [0.29, 0.717) is 11.3 Å². The largest absolute Gasteiger partial charge is 0.460 e. The Morgan fingerprint density at radius 2 is 2.16 bits per heavy atom. The van der Waals surface area contributed by atoms with Crippen molar-refractivity contribution in [3.8, 4) is 11.5 Å². The average Bonchev–Trinajstić information content (AvgIpc) is 2.75. The molecule has 0 aliphatic carbocycles. The summed E-state index contributed by atoms with van der Waals surface area (Å²) in [5.41, 5.74) is 1.11. The molecule has 1 aromatic heterocycles. The third-order valence-electron chi connectivity index (χ3n) is 2.68. The number of hydrogen-bond acceptors (Lipinski definition) is 4. The molecule has 0 fully saturated rings. The van der Waals surface area contributed by atoms with Gasteiger partial charge < -0.3 is 9.15 Å². The molecule has 0 atom stereocenters. The second-order valence-corrected chi connectivity index (χ2v) is 4.09. The zero-order chi connectivity index (χ0) is 14.0. The lowest BCUT2D eigenvalue weighted by Gasteiger charge is -2.01. The topological polar surface area (TPSA) is 52.3 Å². The highest BCUT2D eigenvalue weighted by atomic mass is 19.1. The number of ether oxygens (including phenoxy) is 1. The summed E-state index contributed by atoms with van der Waals surface area (Å²) in [6.07, 6.45) is 0. The Morgan fingerprint density at radius 3 is 2.84 bits per heavy atom. The minimum absolute atomic E-state index is 0.0118. The standard InChI is InChI=1S/C14H14FNO3/c1-4-18-14(17)12-9(3)16-13(19-12)10-7-5-6-8(2)11(10)15/h5-7H,4H2,1-3H3. The number of carbonyl (C=O) groups is 1. The first-order valence-corrected chi connectivity index (χ1v) is 5.94. The molecule has 2 rings (SSSR count). The molecule has 5 heteroatoms. The first kappa shape index (κ1) is 13.3. The highest BCUT2D eigenvalue weighted by molar-refractivity contribution is 5.87. The number of aryl methyl sites for hydroxylation is 2. The second kappa shape index (κ2) is 5.22. The Balaban J connectivity index is 2.45. The second-order valence-electron chi connectivity index (χ2n) is 4.09. The van der Waals surface area contributed by atoms with E-state index in [1.807, 2.05) is 0 Å². The van der Waals surface area contributed by atoms with Crippen LogP contribution in [0.4, 0.5) is 4.39 Å². The van der Waals surface area contributed by atoms with Crippen molar-refractivity contribution in [2.75, 3.05) is 6.61 Å². The van der Waals surface area contributed by atoms with Crippen LogP contribution in [-0.2, 0) is 4.74 Å². The summed E-state index contributed by atoms with van der Waals surface area (Å²) in [6, 6.07) is 4.92. The Bertz CT molecular complexity index is 619. The van der Waals surface area contributed by atoms with Crippen LogP contribution >= 0.6 is 0 Å². The Hall–Kier alpha value is -2.17. The lowest BCUT2D eigenvalue weighted by molar-refractivity contribution is 0.0490. The van der Waals surface area contributed by atoms with Crippen LogP contribution in [0.1, 0.15) is 28.7 Å². The molecular weight excluding hydrogens is 249 g/mol. The average molecular weight is 263 g/mol. The minimum Gasteiger partial charge on any atom is -0.460 e. The van der Waals surface area contributed by atoms with Gasteiger partial charge in [-0.15, -0.1) is 0 Å². The van der Waals surface area contributed by atoms with Crippen LogP contribution in [0.3, 0.4) is 0 Å². The number of esters is 1. The molecule has 0 saturated carbocycles. The molecule has 0 unspecified atom stereocenters. The van der Waals surface area contributed by atoms with Crippen molar-refractivity contribution in [2.24, 2.45) is 0 Å². The van der Waals surface area contributed by atoms with Crippen molar-refractivity contribution in [3.05, 3.63) is 41.0 Å². The highest BCUT2D eigenvalue weighted by Crippen LogP contribution is 2.26. The van der Waals surface area contributed by atoms with Gasteiger partial charge in [-0.05, 0) is 32.4 Å². The molecule has 0 bridgehead atoms. The fraction of sp³-hybridized carbons (Fsp3) is 0.286. The van der Waals surface area contributed by atoms with E-state index in [2.05, 4.69) is 4.98 Å². The van der Waals surface area contributed by atoms with Gasteiger partial charge in [0, 0.05) is 0 Å². The van der Waals surface area contributed by atoms with Gasteiger partial charge in [0.1, 0.15) is 5.82 Å². The first-order valence-electron chi connectivity index (χ1n) is 5.94. The summed E-state index contributed by atoms with van der Waals surface area (Å²) < 4.78 is 24.1. The molecule has 0 radical (unpaired) electrons. The van der Waals surface area contributed by atoms with Crippen molar-refractivity contribution in [1.82, 2.24) is 4.98 Å². The van der Waals surface area contributed by atoms with E-state index in [1.165, 1.54) is 0 Å². The van der Waals surface area contributed by atoms with Gasteiger partial charge in [0.05, 0.1) is 17.9 Å². The number of hydrogen-bond donors (Lipinski definition) is 0. The molecule has 0 saturated heterocycles. The number of rotatable bonds is 3. The van der Waals surface area contributed by atoms with Gasteiger partial charge in [0.25, 0.3) is 0 Å². The summed E-state index contributed by atoms with van der Waals surface area (Å²) in [5.74, 6) is -0.898. The molecule has 1 aromatic carbocycles. The van der Waals surface area contributed by atoms with Gasteiger partial charge >= 0.3 is 5.97 Å². The first-order chi connectivity index (χ1) is 9.04. The summed E-state index contributed by atoms with van der Waals surface area (Å²) in [7, 11) is 0. The maximum absolute atomic E-state index is 14.0. The van der Waals surface area contributed by atoms with Crippen LogP contribution in [0.15, 0.2) is 22.6 Å². The number of oxazole rings is 1. The van der Waals surface area contributed by atoms with E-state index in [1.54, 1.807) is 39.0 Å². The highest BCUT2D eigenvalue weighted by Gasteiger charge is 2.21. The number of carbonyl (C=O) groups excluding carboxylic acids is 1. The van der Waals surface area contributed by atoms with Crippen LogP contribution < -0.4 is 0 Å². The van der Waals surface area contributed by atoms with E-state index in [9.17, 15) is 9.18 Å². The number of benzene rings is 1. The number of nitrogens with zero attached hydrogens (tertiary/aromatic N) is 1. The Labute approximate surface area is 110 Å². The van der Waals surface area contributed by atoms with Crippen molar-refractivity contribution in [3.63, 3.8) is 0 Å². The smallest absolute Gasteiger partial charge is 0.376 e. The lowest BCUT2D eigenvalue weighted by atomic mass is 10.1. The third kappa shape index (κ3) is 2.50. The molecule has 0 aliphatic rings. The van der Waals surface area contributed by atoms with E-state index in [4.69, 9.17) is 9.15 Å². The molecule has 0 N–H and O–H groups in total. The SMILES string of the molecule is CCOC(=O)c1oc(-c2cccc(C)c2F)nc1C. The summed E-state index contributed by atoms with van der Waals surface area (Å²) in [5, 5.41) is 0. The molecule has 4 nitrogen and oxygen atoms in total. The fourth-order valence-electron chi connectivity index (χ4n) is 1.71. The zero-order valence-electron chi connectivity index (χ0n) is 11.0. The third-order valence-corrected chi connectivity index (χ3v) is 2.68. The van der Waals surface area contributed by atoms with E-state index < -0.39 is 11.8 Å². The summed E-state index contributed by atoms with van der Waals surface area (Å²) in [6.45, 7) is 5.21. The van der Waals surface area contributed by atoms with Gasteiger partial charge in [0.2, 0.25) is 11.7 Å². The predicted octanol–water partition coefficient (Wildman–Crippen LogP) is 3.27. The number of halogens is 1. The zero-order valence-corrected chi connectivity index (χ0v) is 11.0. The van der Waals surface area contributed by atoms with Crippen molar-refractivity contribution in [1.29, 1.82) is 0 Å². The summed E-state index contributed by atoms with van der Waals surface area (Å²) in [4.78, 5) is 15.7. The predicted molar refractivity (Wildman–Crippen MR) is 67.3 cm³/mol. The molecule has 2 aromatic rings. The fourth-order valence-corrected chi connectivity index (χ4v) is 1.71. The molecule has 100 valence electrons. The molecule has 1 heterocycles. The quantitative estimate of drug-likeness (QED) is 0.797. The number of aromatic nitrogens is 1. The normalized spacial score (nSPS) is 10.5. The maximum Gasteiger partial charge on any atom is 0.376 e. The monoisotopic (exact) mass is 263 g/mol. The molecule has 19 heavy (non-hydrogen) atoms. The van der Waals surface area contributed by atoms with E-state index in [-0.39, 0.29) is 23.8 Å². The van der Waals surface area contributed by atoms with Gasteiger partial charge in [-0.3, -0.25) is 0 Å². The van der Waals surface area contributed by atoms with Gasteiger partial charge in [-0.2, -0.15) is 0 Å². The molecule has 0 aliphatic heterocycles. The van der Waals surface area contributed by atoms with Crippen LogP contribution in [0, 0.1) is 19.7 Å². The molecule has 0 spiro atoms. The lowest BCUT2D eigenvalue weighted by Crippen LogP contribution is -2.04. The maximum atomic E-state index is 14.0. The van der Waals surface area contributed by atoms with Crippen LogP contribution in [-0.4, -0.2) is 17.6 Å². The van der Waals surface area contributed by atoms with Crippen LogP contribution in [0.2, 0.25) is 0 Å². The van der Waals surface area contributed by atoms with Crippen LogP contribution in [0.25, 0.3) is 11.5 Å². The minimum atomic E-state index is -0.591. The van der Waals surface area contributed by atoms with E-state index in [0.717, 1.165) is 0 Å². The van der Waals surface area contributed by atoms with E-state index >= 15 is 0 Å². The van der Waals surface area contributed by atoms with Crippen molar-refractivity contribution in [2.45, 2.75) is 20.8 Å². The van der Waals surface area contributed by atoms with Gasteiger partial charge in [-0.1, -0.05) is 12.1 Å².